The minimum atomic E-state index is -0.757. The molecule has 0 aliphatic heterocycles. The summed E-state index contributed by atoms with van der Waals surface area (Å²) in [5, 5.41) is 24.8. The van der Waals surface area contributed by atoms with Gasteiger partial charge in [-0.15, -0.1) is 12.0 Å². The van der Waals surface area contributed by atoms with Gasteiger partial charge in [0, 0.05) is 21.7 Å². The van der Waals surface area contributed by atoms with Crippen LogP contribution in [-0.2, 0) is 36.1 Å². The molecule has 200 valence electrons. The molecule has 0 amide bonds. The van der Waals surface area contributed by atoms with E-state index in [0.717, 1.165) is 0 Å². The molecule has 0 radical (unpaired) electrons. The number of rotatable bonds is 0. The van der Waals surface area contributed by atoms with Crippen molar-refractivity contribution in [1.82, 2.24) is 0 Å². The van der Waals surface area contributed by atoms with Gasteiger partial charge in [0.2, 0.25) is 0 Å². The molecule has 3 aliphatic rings. The van der Waals surface area contributed by atoms with Crippen molar-refractivity contribution in [2.45, 2.75) is 114 Å². The minimum absolute atomic E-state index is 0. The van der Waals surface area contributed by atoms with Crippen molar-refractivity contribution in [3.63, 3.8) is 0 Å². The molecule has 0 atom stereocenters. The number of allylic oxidation sites excluding steroid dienone is 4. The van der Waals surface area contributed by atoms with Gasteiger partial charge < -0.3 is 15.3 Å². The Morgan fingerprint density at radius 3 is 1.34 bits per heavy atom. The number of hydrogen-bond donors (Lipinski definition) is 3. The van der Waals surface area contributed by atoms with Crippen LogP contribution in [0.15, 0.2) is 22.3 Å². The molecular weight excluding hydrogens is 480 g/mol. The van der Waals surface area contributed by atoms with Crippen LogP contribution < -0.4 is 0 Å². The zero-order valence-corrected chi connectivity index (χ0v) is 24.9. The third-order valence-electron chi connectivity index (χ3n) is 5.68. The second kappa shape index (κ2) is 14.9. The van der Waals surface area contributed by atoms with E-state index in [1.54, 1.807) is 84.6 Å². The first-order chi connectivity index (χ1) is 15.3. The number of aliphatic carboxylic acids is 3. The zero-order valence-electron chi connectivity index (χ0n) is 23.3. The van der Waals surface area contributed by atoms with Crippen molar-refractivity contribution in [1.29, 1.82) is 0 Å². The fourth-order valence-electron chi connectivity index (χ4n) is 3.12. The van der Waals surface area contributed by atoms with E-state index in [1.807, 2.05) is 0 Å². The topological polar surface area (TPSA) is 112 Å². The van der Waals surface area contributed by atoms with Gasteiger partial charge in [0.15, 0.2) is 0 Å². The third-order valence-corrected chi connectivity index (χ3v) is 5.68. The second-order valence-corrected chi connectivity index (χ2v) is 12.2. The van der Waals surface area contributed by atoms with Gasteiger partial charge in [0.05, 0.1) is 16.2 Å². The monoisotopic (exact) mass is 527 g/mol. The van der Waals surface area contributed by atoms with Gasteiger partial charge in [0.1, 0.15) is 0 Å². The molecule has 7 heteroatoms. The number of hydrogen-bond acceptors (Lipinski definition) is 3. The van der Waals surface area contributed by atoms with Gasteiger partial charge in [0.25, 0.3) is 0 Å². The molecule has 0 bridgehead atoms. The summed E-state index contributed by atoms with van der Waals surface area (Å²) in [5.74, 6) is -2.27. The normalized spacial score (nSPS) is 16.8. The van der Waals surface area contributed by atoms with Crippen molar-refractivity contribution in [2.75, 3.05) is 0 Å². The minimum Gasteiger partial charge on any atom is -0.481 e. The van der Waals surface area contributed by atoms with Gasteiger partial charge in [-0.3, -0.25) is 14.4 Å². The molecule has 0 aromatic heterocycles. The molecule has 0 saturated carbocycles. The molecule has 0 saturated heterocycles. The Bertz CT molecular complexity index is 699. The van der Waals surface area contributed by atoms with Crippen LogP contribution in [0.5, 0.6) is 0 Å². The van der Waals surface area contributed by atoms with Crippen molar-refractivity contribution in [3.8, 4) is 0 Å². The summed E-state index contributed by atoms with van der Waals surface area (Å²) in [6.07, 6.45) is 13.6. The van der Waals surface area contributed by atoms with Crippen LogP contribution in [0.4, 0.5) is 0 Å². The van der Waals surface area contributed by atoms with Crippen LogP contribution in [-0.4, -0.2) is 33.2 Å². The number of fused-ring (bicyclic) bond motifs is 1. The summed E-state index contributed by atoms with van der Waals surface area (Å²) in [6, 6.07) is 0. The van der Waals surface area contributed by atoms with Gasteiger partial charge in [-0.2, -0.15) is 5.57 Å². The average molecular weight is 528 g/mol. The van der Waals surface area contributed by atoms with Crippen LogP contribution in [0.2, 0.25) is 0 Å². The van der Waals surface area contributed by atoms with E-state index in [1.165, 1.54) is 51.4 Å². The first-order valence-corrected chi connectivity index (χ1v) is 12.2. The first-order valence-electron chi connectivity index (χ1n) is 12.2. The third kappa shape index (κ3) is 14.0. The number of carboxylic acids is 3. The predicted molar refractivity (Wildman–Crippen MR) is 137 cm³/mol. The Morgan fingerprint density at radius 1 is 0.629 bits per heavy atom. The van der Waals surface area contributed by atoms with Crippen molar-refractivity contribution < 1.29 is 51.4 Å². The summed E-state index contributed by atoms with van der Waals surface area (Å²) in [5.41, 5.74) is 5.31. The van der Waals surface area contributed by atoms with E-state index >= 15 is 0 Å². The number of carboxylic acid groups (broad SMARTS) is 3. The fraction of sp³-hybridized carbons (Fsp3) is 0.714. The van der Waals surface area contributed by atoms with Crippen LogP contribution >= 0.6 is 0 Å². The summed E-state index contributed by atoms with van der Waals surface area (Å²) in [6.45, 7) is 15.0. The van der Waals surface area contributed by atoms with Crippen LogP contribution in [0.3, 0.4) is 0 Å². The predicted octanol–water partition coefficient (Wildman–Crippen LogP) is 7.29. The van der Waals surface area contributed by atoms with E-state index < -0.39 is 34.2 Å². The fourth-order valence-corrected chi connectivity index (χ4v) is 3.12. The van der Waals surface area contributed by atoms with Crippen LogP contribution in [0, 0.1) is 22.7 Å². The summed E-state index contributed by atoms with van der Waals surface area (Å²) < 4.78 is 0. The van der Waals surface area contributed by atoms with E-state index in [0.29, 0.717) is 0 Å². The van der Waals surface area contributed by atoms with E-state index in [9.17, 15) is 14.4 Å². The van der Waals surface area contributed by atoms with E-state index in [-0.39, 0.29) is 21.7 Å². The molecule has 0 spiro atoms. The smallest absolute Gasteiger partial charge is 0.308 e. The molecule has 3 N–H and O–H groups in total. The Morgan fingerprint density at radius 2 is 0.971 bits per heavy atom. The van der Waals surface area contributed by atoms with Crippen molar-refractivity contribution in [2.24, 2.45) is 16.2 Å². The molecular formula is C28H47O6Ti-. The Labute approximate surface area is 227 Å². The number of carbonyl (C=O) groups is 3. The quantitative estimate of drug-likeness (QED) is 0.225. The van der Waals surface area contributed by atoms with Gasteiger partial charge in [-0.25, -0.2) is 12.0 Å². The van der Waals surface area contributed by atoms with Crippen LogP contribution in [0.25, 0.3) is 0 Å². The molecule has 3 aliphatic carbocycles. The second-order valence-electron chi connectivity index (χ2n) is 12.2. The molecule has 0 unspecified atom stereocenters. The molecule has 6 nitrogen and oxygen atoms in total. The Hall–Kier alpha value is -1.53. The molecule has 0 heterocycles. The zero-order chi connectivity index (χ0) is 26.9. The van der Waals surface area contributed by atoms with E-state index in [4.69, 9.17) is 15.3 Å². The maximum Gasteiger partial charge on any atom is 0.308 e. The first kappa shape index (κ1) is 35.6. The van der Waals surface area contributed by atoms with Gasteiger partial charge in [-0.05, 0) is 88.0 Å². The molecule has 3 rings (SSSR count). The molecule has 0 aromatic rings. The average Bonchev–Trinajstić information content (AvgIpc) is 3.06. The molecule has 0 fully saturated rings. The summed E-state index contributed by atoms with van der Waals surface area (Å²) in [4.78, 5) is 30.1. The van der Waals surface area contributed by atoms with E-state index in [2.05, 4.69) is 6.42 Å². The maximum absolute atomic E-state index is 10.0. The maximum atomic E-state index is 10.0. The van der Waals surface area contributed by atoms with Crippen molar-refractivity contribution in [3.05, 3.63) is 28.7 Å². The van der Waals surface area contributed by atoms with Gasteiger partial charge >= 0.3 is 17.9 Å². The Balaban J connectivity index is 0. The van der Waals surface area contributed by atoms with Crippen molar-refractivity contribution >= 4 is 17.9 Å². The Kier molecular flexibility index (Phi) is 15.2. The van der Waals surface area contributed by atoms with Gasteiger partial charge in [-0.1, -0.05) is 24.8 Å². The van der Waals surface area contributed by atoms with Crippen LogP contribution in [0.1, 0.15) is 114 Å². The SMILES string of the molecule is CC(C)(C)C(=O)O.CC(C)(C)C(=O)O.CC(C)(C)C(=O)O.[CH-]1CCCC2=C1CC1=C2CCCC1.[Ti]. The summed E-state index contributed by atoms with van der Waals surface area (Å²) >= 11 is 0. The summed E-state index contributed by atoms with van der Waals surface area (Å²) in [7, 11) is 0. The molecule has 35 heavy (non-hydrogen) atoms. The standard InChI is InChI=1S/C13H17.3C5H10O2.Ti/c1-3-7-12-10(5-1)9-11-6-2-4-8-13(11)12;3*1-5(2,3)4(6)7;/h5H,1-4,6-9H2;3*1-3H3,(H,6,7);/q-1;;;;. The molecule has 0 aromatic carbocycles. The largest absolute Gasteiger partial charge is 0.481 e.